The average Bonchev–Trinajstić information content (AvgIpc) is 2.76. The van der Waals surface area contributed by atoms with Crippen LogP contribution in [0.1, 0.15) is 16.8 Å². The molecule has 8 heteroatoms. The summed E-state index contributed by atoms with van der Waals surface area (Å²) in [6.45, 7) is 3.09. The van der Waals surface area contributed by atoms with Gasteiger partial charge in [-0.05, 0) is 29.8 Å². The lowest BCUT2D eigenvalue weighted by Crippen LogP contribution is -2.31. The summed E-state index contributed by atoms with van der Waals surface area (Å²) in [6, 6.07) is 9.68. The fourth-order valence-corrected chi connectivity index (χ4v) is 3.72. The SMILES string of the molecule is Fc1ccc(CN2CCc3nc(Nc4ccc5c(c4)OCCO5)ncc3C2)cc1F. The first-order valence-corrected chi connectivity index (χ1v) is 9.82. The van der Waals surface area contributed by atoms with E-state index in [1.54, 1.807) is 6.07 Å². The van der Waals surface area contributed by atoms with E-state index in [4.69, 9.17) is 9.47 Å². The number of halogens is 2. The van der Waals surface area contributed by atoms with Crippen LogP contribution in [0.3, 0.4) is 0 Å². The van der Waals surface area contributed by atoms with Crippen molar-refractivity contribution in [3.8, 4) is 11.5 Å². The highest BCUT2D eigenvalue weighted by Gasteiger charge is 2.19. The molecule has 0 atom stereocenters. The number of aromatic nitrogens is 2. The van der Waals surface area contributed by atoms with E-state index in [1.165, 1.54) is 12.1 Å². The molecule has 2 aliphatic heterocycles. The Balaban J connectivity index is 1.27. The van der Waals surface area contributed by atoms with Gasteiger partial charge in [0.15, 0.2) is 23.1 Å². The molecule has 0 amide bonds. The Morgan fingerprint density at radius 1 is 1.00 bits per heavy atom. The summed E-state index contributed by atoms with van der Waals surface area (Å²) < 4.78 is 37.7. The number of ether oxygens (including phenoxy) is 2. The molecule has 0 unspecified atom stereocenters. The highest BCUT2D eigenvalue weighted by Crippen LogP contribution is 2.33. The topological polar surface area (TPSA) is 59.5 Å². The van der Waals surface area contributed by atoms with Crippen molar-refractivity contribution >= 4 is 11.6 Å². The van der Waals surface area contributed by atoms with Crippen LogP contribution in [0, 0.1) is 11.6 Å². The molecule has 0 fully saturated rings. The van der Waals surface area contributed by atoms with Gasteiger partial charge in [0.05, 0.1) is 5.69 Å². The van der Waals surface area contributed by atoms with Crippen molar-refractivity contribution in [2.75, 3.05) is 25.1 Å². The largest absolute Gasteiger partial charge is 0.486 e. The van der Waals surface area contributed by atoms with Crippen molar-refractivity contribution < 1.29 is 18.3 Å². The minimum atomic E-state index is -0.825. The number of rotatable bonds is 4. The zero-order chi connectivity index (χ0) is 20.5. The maximum atomic E-state index is 13.5. The predicted molar refractivity (Wildman–Crippen MR) is 107 cm³/mol. The minimum Gasteiger partial charge on any atom is -0.486 e. The van der Waals surface area contributed by atoms with Gasteiger partial charge >= 0.3 is 0 Å². The molecule has 3 heterocycles. The zero-order valence-electron chi connectivity index (χ0n) is 16.2. The van der Waals surface area contributed by atoms with Crippen molar-refractivity contribution in [3.05, 3.63) is 71.1 Å². The highest BCUT2D eigenvalue weighted by molar-refractivity contribution is 5.60. The maximum absolute atomic E-state index is 13.5. The van der Waals surface area contributed by atoms with Gasteiger partial charge in [-0.1, -0.05) is 6.07 Å². The highest BCUT2D eigenvalue weighted by atomic mass is 19.2. The molecule has 0 aliphatic carbocycles. The van der Waals surface area contributed by atoms with Crippen molar-refractivity contribution in [1.29, 1.82) is 0 Å². The van der Waals surface area contributed by atoms with Crippen molar-refractivity contribution in [2.24, 2.45) is 0 Å². The van der Waals surface area contributed by atoms with Gasteiger partial charge in [-0.25, -0.2) is 18.7 Å². The Bertz CT molecular complexity index is 1090. The van der Waals surface area contributed by atoms with Gasteiger partial charge in [0.1, 0.15) is 13.2 Å². The smallest absolute Gasteiger partial charge is 0.227 e. The average molecular weight is 410 g/mol. The van der Waals surface area contributed by atoms with E-state index >= 15 is 0 Å². The third kappa shape index (κ3) is 3.91. The number of nitrogens with zero attached hydrogens (tertiary/aromatic N) is 3. The first-order chi connectivity index (χ1) is 14.6. The molecule has 2 aliphatic rings. The number of benzene rings is 2. The molecular formula is C22H20F2N4O2. The summed E-state index contributed by atoms with van der Waals surface area (Å²) in [5.74, 6) is 0.327. The first kappa shape index (κ1) is 18.7. The zero-order valence-corrected chi connectivity index (χ0v) is 16.2. The second-order valence-corrected chi connectivity index (χ2v) is 7.36. The van der Waals surface area contributed by atoms with Crippen LogP contribution >= 0.6 is 0 Å². The summed E-state index contributed by atoms with van der Waals surface area (Å²) in [5.41, 5.74) is 3.60. The molecule has 6 nitrogen and oxygen atoms in total. The molecular weight excluding hydrogens is 390 g/mol. The van der Waals surface area contributed by atoms with E-state index in [0.717, 1.165) is 41.2 Å². The van der Waals surface area contributed by atoms with Gasteiger partial charge in [-0.15, -0.1) is 0 Å². The van der Waals surface area contributed by atoms with Crippen LogP contribution in [0.15, 0.2) is 42.6 Å². The molecule has 0 saturated carbocycles. The second-order valence-electron chi connectivity index (χ2n) is 7.36. The van der Waals surface area contributed by atoms with E-state index in [-0.39, 0.29) is 0 Å². The van der Waals surface area contributed by atoms with Gasteiger partial charge in [-0.3, -0.25) is 4.90 Å². The summed E-state index contributed by atoms with van der Waals surface area (Å²) in [5, 5.41) is 3.22. The molecule has 154 valence electrons. The molecule has 1 N–H and O–H groups in total. The van der Waals surface area contributed by atoms with Crippen molar-refractivity contribution in [1.82, 2.24) is 14.9 Å². The van der Waals surface area contributed by atoms with Gasteiger partial charge < -0.3 is 14.8 Å². The number of fused-ring (bicyclic) bond motifs is 2. The first-order valence-electron chi connectivity index (χ1n) is 9.82. The molecule has 5 rings (SSSR count). The molecule has 0 radical (unpaired) electrons. The quantitative estimate of drug-likeness (QED) is 0.706. The lowest BCUT2D eigenvalue weighted by Gasteiger charge is -2.28. The van der Waals surface area contributed by atoms with E-state index in [2.05, 4.69) is 20.2 Å². The molecule has 3 aromatic rings. The van der Waals surface area contributed by atoms with Crippen LogP contribution in [0.2, 0.25) is 0 Å². The number of hydrogen-bond acceptors (Lipinski definition) is 6. The van der Waals surface area contributed by atoms with Crippen LogP contribution < -0.4 is 14.8 Å². The Kier molecular flexibility index (Phi) is 4.92. The second kappa shape index (κ2) is 7.87. The van der Waals surface area contributed by atoms with Crippen LogP contribution in [0.4, 0.5) is 20.4 Å². The Labute approximate surface area is 172 Å². The fourth-order valence-electron chi connectivity index (χ4n) is 3.72. The van der Waals surface area contributed by atoms with Gasteiger partial charge in [0.2, 0.25) is 5.95 Å². The fraction of sp³-hybridized carbons (Fsp3) is 0.273. The molecule has 1 aromatic heterocycles. The maximum Gasteiger partial charge on any atom is 0.227 e. The Hall–Kier alpha value is -3.26. The lowest BCUT2D eigenvalue weighted by molar-refractivity contribution is 0.171. The van der Waals surface area contributed by atoms with Gasteiger partial charge in [0.25, 0.3) is 0 Å². The third-order valence-corrected chi connectivity index (χ3v) is 5.20. The van der Waals surface area contributed by atoms with Crippen LogP contribution in [0.5, 0.6) is 11.5 Å². The molecule has 0 saturated heterocycles. The van der Waals surface area contributed by atoms with Crippen LogP contribution in [-0.4, -0.2) is 34.6 Å². The van der Waals surface area contributed by atoms with Crippen LogP contribution in [0.25, 0.3) is 0 Å². The molecule has 2 aromatic carbocycles. The normalized spacial score (nSPS) is 15.5. The van der Waals surface area contributed by atoms with Crippen molar-refractivity contribution in [2.45, 2.75) is 19.5 Å². The summed E-state index contributed by atoms with van der Waals surface area (Å²) in [4.78, 5) is 11.3. The monoisotopic (exact) mass is 410 g/mol. The molecule has 30 heavy (non-hydrogen) atoms. The van der Waals surface area contributed by atoms with E-state index in [0.29, 0.717) is 38.0 Å². The third-order valence-electron chi connectivity index (χ3n) is 5.20. The number of hydrogen-bond donors (Lipinski definition) is 1. The van der Waals surface area contributed by atoms with Crippen LogP contribution in [-0.2, 0) is 19.5 Å². The number of anilines is 2. The lowest BCUT2D eigenvalue weighted by atomic mass is 10.1. The summed E-state index contributed by atoms with van der Waals surface area (Å²) in [7, 11) is 0. The number of nitrogens with one attached hydrogen (secondary N) is 1. The van der Waals surface area contributed by atoms with E-state index in [1.807, 2.05) is 24.4 Å². The van der Waals surface area contributed by atoms with Gasteiger partial charge in [0, 0.05) is 49.6 Å². The molecule has 0 bridgehead atoms. The standard InChI is InChI=1S/C22H20F2N4O2/c23-17-3-1-14(9-18(17)24)12-28-6-5-19-15(13-28)11-25-22(27-19)26-16-2-4-20-21(10-16)30-8-7-29-20/h1-4,9-11H,5-8,12-13H2,(H,25,26,27). The van der Waals surface area contributed by atoms with E-state index < -0.39 is 11.6 Å². The summed E-state index contributed by atoms with van der Waals surface area (Å²) >= 11 is 0. The summed E-state index contributed by atoms with van der Waals surface area (Å²) in [6.07, 6.45) is 2.58. The predicted octanol–water partition coefficient (Wildman–Crippen LogP) is 3.83. The molecule has 0 spiro atoms. The van der Waals surface area contributed by atoms with Gasteiger partial charge in [-0.2, -0.15) is 0 Å². The van der Waals surface area contributed by atoms with Crippen molar-refractivity contribution in [3.63, 3.8) is 0 Å². The Morgan fingerprint density at radius 3 is 2.73 bits per heavy atom. The minimum absolute atomic E-state index is 0.527. The van der Waals surface area contributed by atoms with E-state index in [9.17, 15) is 8.78 Å². The Morgan fingerprint density at radius 2 is 1.87 bits per heavy atom.